The Bertz CT molecular complexity index is 344. The summed E-state index contributed by atoms with van der Waals surface area (Å²) < 4.78 is 5.29. The summed E-state index contributed by atoms with van der Waals surface area (Å²) in [6.45, 7) is 2.14. The van der Waals surface area contributed by atoms with Crippen LogP contribution in [-0.4, -0.2) is 5.97 Å². The first-order valence-corrected chi connectivity index (χ1v) is 5.13. The van der Waals surface area contributed by atoms with Crippen molar-refractivity contribution < 1.29 is 9.53 Å². The second-order valence-electron chi connectivity index (χ2n) is 3.62. The Labute approximate surface area is 83.9 Å². The van der Waals surface area contributed by atoms with Crippen LogP contribution in [0.2, 0.25) is 0 Å². The smallest absolute Gasteiger partial charge is 0.339 e. The predicted octanol–water partition coefficient (Wildman–Crippen LogP) is 3.09. The molecule has 1 aromatic rings. The van der Waals surface area contributed by atoms with Crippen LogP contribution in [0.3, 0.4) is 0 Å². The van der Waals surface area contributed by atoms with Crippen LogP contribution in [0.25, 0.3) is 0 Å². The number of carbonyl (C=O) groups is 1. The summed E-state index contributed by atoms with van der Waals surface area (Å²) in [6.07, 6.45) is 3.18. The lowest BCUT2D eigenvalue weighted by Crippen LogP contribution is -1.98. The van der Waals surface area contributed by atoms with Crippen molar-refractivity contribution in [3.05, 3.63) is 35.4 Å². The molecule has 2 nitrogen and oxygen atoms in total. The number of carbonyl (C=O) groups excluding carboxylic acids is 1. The van der Waals surface area contributed by atoms with Gasteiger partial charge in [0.15, 0.2) is 0 Å². The van der Waals surface area contributed by atoms with Gasteiger partial charge in [0.05, 0.1) is 5.56 Å². The molecular weight excluding hydrogens is 178 g/mol. The third kappa shape index (κ3) is 1.52. The SMILES string of the molecule is CCC[14CH2]C1OC(=O)c2ccccc21. The number of fused-ring (bicyclic) bond motifs is 1. The van der Waals surface area contributed by atoms with Crippen LogP contribution in [0.15, 0.2) is 24.3 Å². The van der Waals surface area contributed by atoms with Crippen molar-refractivity contribution in [2.75, 3.05) is 0 Å². The minimum absolute atomic E-state index is 0.00125. The van der Waals surface area contributed by atoms with Crippen LogP contribution in [0.5, 0.6) is 0 Å². The molecule has 0 bridgehead atoms. The molecule has 0 aliphatic carbocycles. The van der Waals surface area contributed by atoms with Gasteiger partial charge in [-0.3, -0.25) is 0 Å². The number of cyclic esters (lactones) is 1. The lowest BCUT2D eigenvalue weighted by molar-refractivity contribution is 0.0364. The van der Waals surface area contributed by atoms with Crippen molar-refractivity contribution >= 4 is 5.97 Å². The number of ether oxygens (including phenoxy) is 1. The first-order valence-electron chi connectivity index (χ1n) is 5.13. The Kier molecular flexibility index (Phi) is 2.53. The maximum atomic E-state index is 11.4. The van der Waals surface area contributed by atoms with E-state index in [0.717, 1.165) is 30.4 Å². The standard InChI is InChI=1S/C12H14O2/c1-2-3-8-11-9-6-4-5-7-10(9)12(13)14-11/h4-7,11H,2-3,8H2,1H3/i8+2. The number of hydrogen-bond acceptors (Lipinski definition) is 2. The molecule has 1 aliphatic heterocycles. The molecule has 0 aromatic heterocycles. The van der Waals surface area contributed by atoms with Crippen molar-refractivity contribution in [3.8, 4) is 0 Å². The maximum absolute atomic E-state index is 11.4. The van der Waals surface area contributed by atoms with Crippen LogP contribution >= 0.6 is 0 Å². The van der Waals surface area contributed by atoms with Crippen LogP contribution in [0.1, 0.15) is 48.2 Å². The predicted molar refractivity (Wildman–Crippen MR) is 54.1 cm³/mol. The summed E-state index contributed by atoms with van der Waals surface area (Å²) in [5.74, 6) is -0.165. The van der Waals surface area contributed by atoms with Gasteiger partial charge in [0.1, 0.15) is 6.10 Å². The largest absolute Gasteiger partial charge is 0.454 e. The molecule has 0 fully saturated rings. The van der Waals surface area contributed by atoms with Gasteiger partial charge in [0.25, 0.3) is 0 Å². The van der Waals surface area contributed by atoms with Crippen molar-refractivity contribution in [3.63, 3.8) is 0 Å². The summed E-state index contributed by atoms with van der Waals surface area (Å²) >= 11 is 0. The Morgan fingerprint density at radius 2 is 2.21 bits per heavy atom. The zero-order valence-corrected chi connectivity index (χ0v) is 8.32. The van der Waals surface area contributed by atoms with Gasteiger partial charge in [0, 0.05) is 5.56 Å². The van der Waals surface area contributed by atoms with E-state index in [-0.39, 0.29) is 12.1 Å². The van der Waals surface area contributed by atoms with Gasteiger partial charge >= 0.3 is 5.97 Å². The fraction of sp³-hybridized carbons (Fsp3) is 0.417. The molecule has 1 unspecified atom stereocenters. The first-order chi connectivity index (χ1) is 6.83. The highest BCUT2D eigenvalue weighted by molar-refractivity contribution is 5.93. The lowest BCUT2D eigenvalue weighted by atomic mass is 10.1. The first kappa shape index (κ1) is 9.25. The third-order valence-corrected chi connectivity index (χ3v) is 2.60. The van der Waals surface area contributed by atoms with Crippen molar-refractivity contribution in [1.82, 2.24) is 0 Å². The highest BCUT2D eigenvalue weighted by Crippen LogP contribution is 2.33. The van der Waals surface area contributed by atoms with E-state index < -0.39 is 0 Å². The normalized spacial score (nSPS) is 19.2. The van der Waals surface area contributed by atoms with E-state index in [1.54, 1.807) is 0 Å². The Hall–Kier alpha value is -1.31. The molecule has 0 amide bonds. The number of unbranched alkanes of at least 4 members (excludes halogenated alkanes) is 1. The summed E-state index contributed by atoms with van der Waals surface area (Å²) in [7, 11) is 0. The summed E-state index contributed by atoms with van der Waals surface area (Å²) in [5.41, 5.74) is 1.81. The van der Waals surface area contributed by atoms with E-state index in [1.165, 1.54) is 0 Å². The quantitative estimate of drug-likeness (QED) is 0.688. The minimum Gasteiger partial charge on any atom is -0.454 e. The molecule has 2 heteroatoms. The number of esters is 1. The molecule has 14 heavy (non-hydrogen) atoms. The van der Waals surface area contributed by atoms with Crippen LogP contribution < -0.4 is 0 Å². The molecule has 0 radical (unpaired) electrons. The van der Waals surface area contributed by atoms with Crippen LogP contribution in [0.4, 0.5) is 0 Å². The number of benzene rings is 1. The molecule has 0 N–H and O–H groups in total. The number of hydrogen-bond donors (Lipinski definition) is 0. The van der Waals surface area contributed by atoms with Gasteiger partial charge < -0.3 is 4.74 Å². The van der Waals surface area contributed by atoms with E-state index >= 15 is 0 Å². The maximum Gasteiger partial charge on any atom is 0.339 e. The van der Waals surface area contributed by atoms with E-state index in [2.05, 4.69) is 6.92 Å². The second kappa shape index (κ2) is 3.82. The second-order valence-corrected chi connectivity index (χ2v) is 3.62. The lowest BCUT2D eigenvalue weighted by Gasteiger charge is -2.08. The van der Waals surface area contributed by atoms with Gasteiger partial charge in [-0.25, -0.2) is 4.79 Å². The summed E-state index contributed by atoms with van der Waals surface area (Å²) in [6, 6.07) is 7.66. The van der Waals surface area contributed by atoms with E-state index in [4.69, 9.17) is 4.74 Å². The molecule has 1 aromatic carbocycles. The molecule has 2 rings (SSSR count). The fourth-order valence-corrected chi connectivity index (χ4v) is 1.82. The molecule has 0 saturated heterocycles. The van der Waals surface area contributed by atoms with Gasteiger partial charge in [-0.05, 0) is 18.9 Å². The van der Waals surface area contributed by atoms with Gasteiger partial charge in [-0.15, -0.1) is 0 Å². The minimum atomic E-state index is -0.165. The molecule has 74 valence electrons. The van der Waals surface area contributed by atoms with Crippen LogP contribution in [-0.2, 0) is 4.74 Å². The van der Waals surface area contributed by atoms with Crippen molar-refractivity contribution in [2.45, 2.75) is 32.3 Å². The summed E-state index contributed by atoms with van der Waals surface area (Å²) in [5, 5.41) is 0. The average molecular weight is 192 g/mol. The summed E-state index contributed by atoms with van der Waals surface area (Å²) in [4.78, 5) is 11.4. The van der Waals surface area contributed by atoms with Crippen molar-refractivity contribution in [1.29, 1.82) is 0 Å². The van der Waals surface area contributed by atoms with Gasteiger partial charge in [-0.1, -0.05) is 31.5 Å². The third-order valence-electron chi connectivity index (χ3n) is 2.60. The van der Waals surface area contributed by atoms with Crippen molar-refractivity contribution in [2.24, 2.45) is 0 Å². The highest BCUT2D eigenvalue weighted by atomic mass is 16.6. The van der Waals surface area contributed by atoms with Gasteiger partial charge in [0.2, 0.25) is 0 Å². The fourth-order valence-electron chi connectivity index (χ4n) is 1.82. The van der Waals surface area contributed by atoms with E-state index in [9.17, 15) is 4.79 Å². The highest BCUT2D eigenvalue weighted by Gasteiger charge is 2.29. The Balaban J connectivity index is 2.21. The van der Waals surface area contributed by atoms with Gasteiger partial charge in [-0.2, -0.15) is 0 Å². The molecular formula is C12H14O2. The zero-order chi connectivity index (χ0) is 9.97. The zero-order valence-electron chi connectivity index (χ0n) is 8.32. The Morgan fingerprint density at radius 1 is 1.43 bits per heavy atom. The van der Waals surface area contributed by atoms with E-state index in [1.807, 2.05) is 24.3 Å². The Morgan fingerprint density at radius 3 is 3.00 bits per heavy atom. The van der Waals surface area contributed by atoms with E-state index in [0.29, 0.717) is 0 Å². The molecule has 1 aliphatic rings. The number of rotatable bonds is 3. The monoisotopic (exact) mass is 192 g/mol. The molecule has 0 saturated carbocycles. The molecule has 1 heterocycles. The average Bonchev–Trinajstić information content (AvgIpc) is 2.54. The topological polar surface area (TPSA) is 26.3 Å². The molecule has 0 spiro atoms. The van der Waals surface area contributed by atoms with Crippen LogP contribution in [0, 0.1) is 0 Å². The molecule has 1 atom stereocenters.